The van der Waals surface area contributed by atoms with Gasteiger partial charge in [-0.3, -0.25) is 15.0 Å². The van der Waals surface area contributed by atoms with Crippen LogP contribution in [0.2, 0.25) is 5.02 Å². The van der Waals surface area contributed by atoms with Crippen molar-refractivity contribution in [2.24, 2.45) is 0 Å². The molecule has 0 aliphatic rings. The van der Waals surface area contributed by atoms with Gasteiger partial charge in [-0.1, -0.05) is 24.6 Å². The van der Waals surface area contributed by atoms with Gasteiger partial charge < -0.3 is 9.88 Å². The highest BCUT2D eigenvalue weighted by molar-refractivity contribution is 7.69. The minimum atomic E-state index is -2.64. The van der Waals surface area contributed by atoms with E-state index in [-0.39, 0.29) is 38.4 Å². The van der Waals surface area contributed by atoms with Gasteiger partial charge in [-0.25, -0.2) is 13.2 Å². The Morgan fingerprint density at radius 2 is 1.86 bits per heavy atom. The van der Waals surface area contributed by atoms with Crippen molar-refractivity contribution in [1.82, 2.24) is 15.0 Å². The van der Waals surface area contributed by atoms with E-state index in [1.165, 1.54) is 36.7 Å². The average Bonchev–Trinajstić information content (AvgIpc) is 2.80. The van der Waals surface area contributed by atoms with Crippen LogP contribution in [0.25, 0.3) is 22.0 Å². The second kappa shape index (κ2) is 9.59. The first kappa shape index (κ1) is 25.1. The molecule has 4 aromatic rings. The van der Waals surface area contributed by atoms with Crippen molar-refractivity contribution in [2.75, 3.05) is 18.6 Å². The van der Waals surface area contributed by atoms with Crippen LogP contribution in [0.4, 0.5) is 18.9 Å². The zero-order chi connectivity index (χ0) is 25.5. The van der Waals surface area contributed by atoms with Crippen molar-refractivity contribution in [1.29, 1.82) is 0 Å². The molecule has 1 aromatic carbocycles. The number of benzene rings is 1. The van der Waals surface area contributed by atoms with Crippen LogP contribution in [0.5, 0.6) is 0 Å². The van der Waals surface area contributed by atoms with E-state index in [2.05, 4.69) is 20.3 Å². The van der Waals surface area contributed by atoms with Gasteiger partial charge in [0.05, 0.1) is 50.0 Å². The maximum Gasteiger partial charge on any atom is 0.146 e. The molecule has 1 atom stereocenters. The van der Waals surface area contributed by atoms with Crippen molar-refractivity contribution in [3.63, 3.8) is 0 Å². The number of rotatable bonds is 6. The first-order chi connectivity index (χ1) is 16.5. The Kier molecular flexibility index (Phi) is 6.89. The van der Waals surface area contributed by atoms with Crippen molar-refractivity contribution in [2.45, 2.75) is 26.3 Å². The van der Waals surface area contributed by atoms with Gasteiger partial charge in [-0.2, -0.15) is 0 Å². The molecule has 10 heteroatoms. The molecule has 0 aliphatic heterocycles. The molecule has 0 spiro atoms. The molecule has 1 N–H and O–H groups in total. The molecular formula is C25H23ClF3N4OP. The fraction of sp³-hybridized carbons (Fsp3) is 0.240. The van der Waals surface area contributed by atoms with Gasteiger partial charge in [0.2, 0.25) is 0 Å². The van der Waals surface area contributed by atoms with Crippen LogP contribution < -0.4 is 10.8 Å². The predicted octanol–water partition coefficient (Wildman–Crippen LogP) is 6.88. The van der Waals surface area contributed by atoms with E-state index in [9.17, 15) is 8.96 Å². The summed E-state index contributed by atoms with van der Waals surface area (Å²) in [5.41, 5.74) is 0.942. The molecule has 0 amide bonds. The largest absolute Gasteiger partial charge is 0.375 e. The fourth-order valence-electron chi connectivity index (χ4n) is 3.90. The molecule has 0 fully saturated rings. The molecule has 0 unspecified atom stereocenters. The van der Waals surface area contributed by atoms with Gasteiger partial charge in [0.15, 0.2) is 0 Å². The molecule has 0 saturated carbocycles. The van der Waals surface area contributed by atoms with E-state index in [1.54, 1.807) is 20.3 Å². The monoisotopic (exact) mass is 518 g/mol. The Hall–Kier alpha value is -2.96. The van der Waals surface area contributed by atoms with E-state index in [1.807, 2.05) is 6.92 Å². The van der Waals surface area contributed by atoms with Gasteiger partial charge in [-0.05, 0) is 44.9 Å². The third kappa shape index (κ3) is 4.78. The lowest BCUT2D eigenvalue weighted by Gasteiger charge is -2.22. The highest BCUT2D eigenvalue weighted by Gasteiger charge is 2.25. The number of aryl methyl sites for hydroxylation is 1. The predicted molar refractivity (Wildman–Crippen MR) is 135 cm³/mol. The molecular weight excluding hydrogens is 496 g/mol. The summed E-state index contributed by atoms with van der Waals surface area (Å²) in [6.45, 7) is 6.57. The van der Waals surface area contributed by atoms with Crippen molar-refractivity contribution >= 4 is 40.8 Å². The summed E-state index contributed by atoms with van der Waals surface area (Å²) >= 11 is 6.54. The summed E-state index contributed by atoms with van der Waals surface area (Å²) in [7, 11) is -2.64. The molecule has 4 rings (SSSR count). The van der Waals surface area contributed by atoms with Crippen LogP contribution in [-0.2, 0) is 4.57 Å². The van der Waals surface area contributed by atoms with Gasteiger partial charge in [0.25, 0.3) is 0 Å². The number of nitrogens with one attached hydrogen (secondary N) is 1. The average molecular weight is 519 g/mol. The van der Waals surface area contributed by atoms with E-state index in [0.29, 0.717) is 17.5 Å². The minimum absolute atomic E-state index is 0.0347. The van der Waals surface area contributed by atoms with Crippen LogP contribution in [0, 0.1) is 24.4 Å². The SMILES string of the molecule is CC[C@@H](Nc1c(Cl)c(C)nc2cc(F)c(-c3ccc(P(C)(C)=O)nc3)c(F)c12)c1ncccc1F. The summed E-state index contributed by atoms with van der Waals surface area (Å²) in [5, 5.41) is 3.22. The molecule has 0 saturated heterocycles. The Morgan fingerprint density at radius 1 is 1.11 bits per heavy atom. The smallest absolute Gasteiger partial charge is 0.146 e. The van der Waals surface area contributed by atoms with Crippen molar-refractivity contribution < 1.29 is 17.7 Å². The van der Waals surface area contributed by atoms with Gasteiger partial charge in [-0.15, -0.1) is 0 Å². The highest BCUT2D eigenvalue weighted by Crippen LogP contribution is 2.41. The first-order valence-corrected chi connectivity index (χ1v) is 13.9. The number of nitrogens with zero attached hydrogens (tertiary/aromatic N) is 3. The van der Waals surface area contributed by atoms with E-state index in [4.69, 9.17) is 11.6 Å². The number of hydrogen-bond acceptors (Lipinski definition) is 5. The van der Waals surface area contributed by atoms with Gasteiger partial charge in [0.1, 0.15) is 24.6 Å². The third-order valence-corrected chi connectivity index (χ3v) is 7.54. The summed E-state index contributed by atoms with van der Waals surface area (Å²) in [5.74, 6) is -2.23. The maximum atomic E-state index is 16.0. The van der Waals surface area contributed by atoms with Crippen molar-refractivity contribution in [3.8, 4) is 11.1 Å². The Labute approximate surface area is 206 Å². The third-order valence-electron chi connectivity index (χ3n) is 5.70. The Morgan fingerprint density at radius 3 is 2.46 bits per heavy atom. The number of anilines is 1. The highest BCUT2D eigenvalue weighted by atomic mass is 35.5. The molecule has 5 nitrogen and oxygen atoms in total. The Bertz CT molecular complexity index is 1470. The fourth-order valence-corrected chi connectivity index (χ4v) is 4.86. The number of halogens is 4. The first-order valence-electron chi connectivity index (χ1n) is 10.9. The molecule has 3 heterocycles. The van der Waals surface area contributed by atoms with E-state index >= 15 is 8.78 Å². The minimum Gasteiger partial charge on any atom is -0.375 e. The van der Waals surface area contributed by atoms with Crippen molar-refractivity contribution in [3.05, 3.63) is 76.6 Å². The second-order valence-corrected chi connectivity index (χ2v) is 12.1. The molecule has 0 aliphatic carbocycles. The van der Waals surface area contributed by atoms with E-state index in [0.717, 1.165) is 6.07 Å². The summed E-state index contributed by atoms with van der Waals surface area (Å²) in [6.07, 6.45) is 3.18. The van der Waals surface area contributed by atoms with Crippen LogP contribution in [0.15, 0.2) is 42.7 Å². The summed E-state index contributed by atoms with van der Waals surface area (Å²) in [4.78, 5) is 12.5. The zero-order valence-corrected chi connectivity index (χ0v) is 21.2. The summed E-state index contributed by atoms with van der Waals surface area (Å²) in [6, 6.07) is 6.24. The Balaban J connectivity index is 1.92. The molecule has 3 aromatic heterocycles. The number of pyridine rings is 3. The van der Waals surface area contributed by atoms with Crippen LogP contribution >= 0.6 is 18.7 Å². The van der Waals surface area contributed by atoms with Gasteiger partial charge in [0, 0.05) is 24.0 Å². The lowest BCUT2D eigenvalue weighted by molar-refractivity contribution is 0.572. The maximum absolute atomic E-state index is 16.0. The second-order valence-electron chi connectivity index (χ2n) is 8.56. The lowest BCUT2D eigenvalue weighted by Crippen LogP contribution is -2.15. The molecule has 0 radical (unpaired) electrons. The summed E-state index contributed by atoms with van der Waals surface area (Å²) < 4.78 is 57.9. The number of fused-ring (bicyclic) bond motifs is 1. The van der Waals surface area contributed by atoms with Crippen LogP contribution in [-0.4, -0.2) is 28.3 Å². The van der Waals surface area contributed by atoms with Gasteiger partial charge >= 0.3 is 0 Å². The topological polar surface area (TPSA) is 67.8 Å². The normalized spacial score (nSPS) is 12.7. The number of hydrogen-bond donors (Lipinski definition) is 1. The number of aromatic nitrogens is 3. The van der Waals surface area contributed by atoms with Crippen LogP contribution in [0.1, 0.15) is 30.8 Å². The molecule has 35 heavy (non-hydrogen) atoms. The molecule has 182 valence electrons. The zero-order valence-electron chi connectivity index (χ0n) is 19.5. The van der Waals surface area contributed by atoms with Crippen LogP contribution in [0.3, 0.4) is 0 Å². The lowest BCUT2D eigenvalue weighted by atomic mass is 10.0. The quantitative estimate of drug-likeness (QED) is 0.282. The van der Waals surface area contributed by atoms with E-state index < -0.39 is 30.6 Å². The standard InChI is InChI=1S/C25H23ClF3N4OP/c1-5-17(24-15(27)7-6-10-30-24)33-25-21-18(32-13(2)22(25)26)11-16(28)20(23(21)29)14-8-9-19(31-12-14)35(3,4)34/h6-12,17H,5H2,1-4H3,(H,32,33)/t17-/m1/s1. The molecule has 0 bridgehead atoms.